The van der Waals surface area contributed by atoms with Gasteiger partial charge in [-0.1, -0.05) is 0 Å². The number of rotatable bonds is 4. The standard InChI is InChI=1S/C21H24FN5O/c1-26-13-15(18-11-16(22)4-5-20(18)26)14-27-9-2-3-17(6-10-27)25-21(28)19-12-23-7-8-24-19/h4-5,7-8,11-13,17H,2-3,6,9-10,14H2,1H3,(H,25,28)/t17-/m0/s1. The van der Waals surface area contributed by atoms with Crippen molar-refractivity contribution < 1.29 is 9.18 Å². The smallest absolute Gasteiger partial charge is 0.271 e. The van der Waals surface area contributed by atoms with E-state index < -0.39 is 0 Å². The molecule has 7 heteroatoms. The number of aromatic nitrogens is 3. The predicted octanol–water partition coefficient (Wildman–Crippen LogP) is 2.89. The molecular formula is C21H24FN5O. The fourth-order valence-corrected chi connectivity index (χ4v) is 3.95. The number of aryl methyl sites for hydroxylation is 1. The Morgan fingerprint density at radius 1 is 1.29 bits per heavy atom. The number of hydrogen-bond acceptors (Lipinski definition) is 4. The molecule has 0 bridgehead atoms. The van der Waals surface area contributed by atoms with Gasteiger partial charge in [-0.15, -0.1) is 0 Å². The summed E-state index contributed by atoms with van der Waals surface area (Å²) in [6, 6.07) is 5.08. The number of nitrogens with zero attached hydrogens (tertiary/aromatic N) is 4. The lowest BCUT2D eigenvalue weighted by Gasteiger charge is -2.20. The highest BCUT2D eigenvalue weighted by Crippen LogP contribution is 2.24. The van der Waals surface area contributed by atoms with E-state index in [9.17, 15) is 9.18 Å². The minimum absolute atomic E-state index is 0.129. The number of fused-ring (bicyclic) bond motifs is 1. The number of nitrogens with one attached hydrogen (secondary N) is 1. The van der Waals surface area contributed by atoms with Gasteiger partial charge in [0, 0.05) is 55.7 Å². The molecule has 1 aromatic carbocycles. The summed E-state index contributed by atoms with van der Waals surface area (Å²) in [6.07, 6.45) is 9.47. The van der Waals surface area contributed by atoms with Crippen LogP contribution in [0.4, 0.5) is 4.39 Å². The van der Waals surface area contributed by atoms with E-state index in [4.69, 9.17) is 0 Å². The molecular weight excluding hydrogens is 357 g/mol. The Labute approximate surface area is 163 Å². The number of benzene rings is 1. The van der Waals surface area contributed by atoms with Crippen molar-refractivity contribution in [2.24, 2.45) is 7.05 Å². The zero-order valence-electron chi connectivity index (χ0n) is 15.9. The van der Waals surface area contributed by atoms with Crippen LogP contribution in [0.2, 0.25) is 0 Å². The lowest BCUT2D eigenvalue weighted by molar-refractivity contribution is 0.0927. The van der Waals surface area contributed by atoms with Crippen molar-refractivity contribution in [2.75, 3.05) is 13.1 Å². The summed E-state index contributed by atoms with van der Waals surface area (Å²) in [5.74, 6) is -0.376. The van der Waals surface area contributed by atoms with E-state index in [1.807, 2.05) is 17.7 Å². The number of amides is 1. The second-order valence-electron chi connectivity index (χ2n) is 7.39. The van der Waals surface area contributed by atoms with Crippen molar-refractivity contribution in [1.82, 2.24) is 24.8 Å². The molecule has 1 atom stereocenters. The first-order valence-electron chi connectivity index (χ1n) is 9.63. The van der Waals surface area contributed by atoms with Gasteiger partial charge in [-0.2, -0.15) is 0 Å². The van der Waals surface area contributed by atoms with Crippen molar-refractivity contribution in [3.63, 3.8) is 0 Å². The monoisotopic (exact) mass is 381 g/mol. The molecule has 1 aliphatic rings. The summed E-state index contributed by atoms with van der Waals surface area (Å²) in [4.78, 5) is 22.7. The molecule has 0 radical (unpaired) electrons. The lowest BCUT2D eigenvalue weighted by atomic mass is 10.1. The summed E-state index contributed by atoms with van der Waals surface area (Å²) >= 11 is 0. The van der Waals surface area contributed by atoms with Crippen molar-refractivity contribution >= 4 is 16.8 Å². The molecule has 1 fully saturated rings. The van der Waals surface area contributed by atoms with Crippen LogP contribution in [0.15, 0.2) is 43.0 Å². The molecule has 4 rings (SSSR count). The van der Waals surface area contributed by atoms with E-state index in [0.29, 0.717) is 5.69 Å². The zero-order chi connectivity index (χ0) is 19.5. The first-order chi connectivity index (χ1) is 13.6. The Morgan fingerprint density at radius 3 is 3.00 bits per heavy atom. The van der Waals surface area contributed by atoms with E-state index in [1.54, 1.807) is 12.3 Å². The van der Waals surface area contributed by atoms with Crippen LogP contribution in [0.5, 0.6) is 0 Å². The molecule has 3 heterocycles. The minimum Gasteiger partial charge on any atom is -0.350 e. The van der Waals surface area contributed by atoms with Gasteiger partial charge in [0.2, 0.25) is 0 Å². The second-order valence-corrected chi connectivity index (χ2v) is 7.39. The van der Waals surface area contributed by atoms with Crippen LogP contribution >= 0.6 is 0 Å². The molecule has 28 heavy (non-hydrogen) atoms. The second kappa shape index (κ2) is 8.06. The van der Waals surface area contributed by atoms with E-state index in [1.165, 1.54) is 18.5 Å². The van der Waals surface area contributed by atoms with Crippen molar-refractivity contribution in [3.8, 4) is 0 Å². The van der Waals surface area contributed by atoms with E-state index in [-0.39, 0.29) is 17.8 Å². The topological polar surface area (TPSA) is 63.0 Å². The average molecular weight is 381 g/mol. The van der Waals surface area contributed by atoms with Crippen LogP contribution in [0.1, 0.15) is 35.3 Å². The molecule has 0 saturated carbocycles. The molecule has 0 spiro atoms. The first kappa shape index (κ1) is 18.6. The quantitative estimate of drug-likeness (QED) is 0.755. The van der Waals surface area contributed by atoms with Gasteiger partial charge in [-0.3, -0.25) is 14.7 Å². The van der Waals surface area contributed by atoms with Crippen LogP contribution < -0.4 is 5.32 Å². The SMILES string of the molecule is Cn1cc(CN2CCC[C@H](NC(=O)c3cnccn3)CC2)c2cc(F)ccc21. The highest BCUT2D eigenvalue weighted by Gasteiger charge is 2.21. The van der Waals surface area contributed by atoms with E-state index in [0.717, 1.165) is 55.4 Å². The van der Waals surface area contributed by atoms with Gasteiger partial charge in [0.15, 0.2) is 0 Å². The van der Waals surface area contributed by atoms with E-state index in [2.05, 4.69) is 26.4 Å². The predicted molar refractivity (Wildman–Crippen MR) is 105 cm³/mol. The molecule has 146 valence electrons. The van der Waals surface area contributed by atoms with Gasteiger partial charge in [-0.25, -0.2) is 9.37 Å². The number of hydrogen-bond donors (Lipinski definition) is 1. The maximum Gasteiger partial charge on any atom is 0.271 e. The van der Waals surface area contributed by atoms with Crippen LogP contribution in [0.3, 0.4) is 0 Å². The average Bonchev–Trinajstić information content (AvgIpc) is 2.86. The summed E-state index contributed by atoms with van der Waals surface area (Å²) in [7, 11) is 1.99. The third-order valence-corrected chi connectivity index (χ3v) is 5.38. The Morgan fingerprint density at radius 2 is 2.18 bits per heavy atom. The summed E-state index contributed by atoms with van der Waals surface area (Å²) in [5.41, 5.74) is 2.53. The highest BCUT2D eigenvalue weighted by molar-refractivity contribution is 5.92. The summed E-state index contributed by atoms with van der Waals surface area (Å²) in [6.45, 7) is 2.63. The largest absolute Gasteiger partial charge is 0.350 e. The highest BCUT2D eigenvalue weighted by atomic mass is 19.1. The lowest BCUT2D eigenvalue weighted by Crippen LogP contribution is -2.36. The van der Waals surface area contributed by atoms with Crippen molar-refractivity contribution in [1.29, 1.82) is 0 Å². The number of carbonyl (C=O) groups is 1. The van der Waals surface area contributed by atoms with Gasteiger partial charge >= 0.3 is 0 Å². The fraction of sp³-hybridized carbons (Fsp3) is 0.381. The first-order valence-corrected chi connectivity index (χ1v) is 9.63. The maximum absolute atomic E-state index is 13.7. The van der Waals surface area contributed by atoms with Gasteiger partial charge in [0.25, 0.3) is 5.91 Å². The number of halogens is 1. The Kier molecular flexibility index (Phi) is 5.34. The molecule has 1 amide bonds. The molecule has 1 saturated heterocycles. The molecule has 0 unspecified atom stereocenters. The van der Waals surface area contributed by atoms with Crippen molar-refractivity contribution in [2.45, 2.75) is 31.8 Å². The Bertz CT molecular complexity index is 972. The Hall–Kier alpha value is -2.80. The van der Waals surface area contributed by atoms with Crippen LogP contribution in [0, 0.1) is 5.82 Å². The van der Waals surface area contributed by atoms with Crippen LogP contribution in [0.25, 0.3) is 10.9 Å². The molecule has 1 aliphatic heterocycles. The van der Waals surface area contributed by atoms with Gasteiger partial charge in [0.1, 0.15) is 11.5 Å². The third kappa shape index (κ3) is 4.04. The summed E-state index contributed by atoms with van der Waals surface area (Å²) < 4.78 is 15.8. The fourth-order valence-electron chi connectivity index (χ4n) is 3.95. The molecule has 6 nitrogen and oxygen atoms in total. The molecule has 0 aliphatic carbocycles. The van der Waals surface area contributed by atoms with E-state index >= 15 is 0 Å². The van der Waals surface area contributed by atoms with Gasteiger partial charge in [-0.05, 0) is 49.6 Å². The van der Waals surface area contributed by atoms with Crippen molar-refractivity contribution in [3.05, 3.63) is 60.1 Å². The number of carbonyl (C=O) groups excluding carboxylic acids is 1. The number of likely N-dealkylation sites (tertiary alicyclic amines) is 1. The van der Waals surface area contributed by atoms with Gasteiger partial charge in [0.05, 0.1) is 6.20 Å². The minimum atomic E-state index is -0.206. The molecule has 2 aromatic heterocycles. The maximum atomic E-state index is 13.7. The third-order valence-electron chi connectivity index (χ3n) is 5.38. The van der Waals surface area contributed by atoms with Crippen LogP contribution in [-0.2, 0) is 13.6 Å². The normalized spacial score (nSPS) is 18.1. The molecule has 1 N–H and O–H groups in total. The summed E-state index contributed by atoms with van der Waals surface area (Å²) in [5, 5.41) is 4.05. The van der Waals surface area contributed by atoms with Crippen LogP contribution in [-0.4, -0.2) is 44.5 Å². The Balaban J connectivity index is 1.39. The van der Waals surface area contributed by atoms with Gasteiger partial charge < -0.3 is 9.88 Å². The zero-order valence-corrected chi connectivity index (χ0v) is 15.9. The molecule has 3 aromatic rings.